The highest BCUT2D eigenvalue weighted by molar-refractivity contribution is 7.16. The molecule has 0 radical (unpaired) electrons. The van der Waals surface area contributed by atoms with E-state index >= 15 is 0 Å². The average Bonchev–Trinajstić information content (AvgIpc) is 2.70. The third kappa shape index (κ3) is 2.42. The van der Waals surface area contributed by atoms with Gasteiger partial charge in [-0.1, -0.05) is 23.8 Å². The third-order valence-corrected chi connectivity index (χ3v) is 4.08. The molecule has 2 heterocycles. The molecule has 1 atom stereocenters. The Hall–Kier alpha value is -1.13. The van der Waals surface area contributed by atoms with E-state index in [0.717, 1.165) is 17.7 Å². The molecule has 1 N–H and O–H groups in total. The highest BCUT2D eigenvalue weighted by atomic mass is 32.1. The SMILES string of the molecule is O=c1oc2ccc(CC3CCCCN3)cc2s1. The Morgan fingerprint density at radius 1 is 1.41 bits per heavy atom. The van der Waals surface area contributed by atoms with E-state index in [0.29, 0.717) is 11.6 Å². The highest BCUT2D eigenvalue weighted by Crippen LogP contribution is 2.20. The molecule has 2 aromatic rings. The standard InChI is InChI=1S/C13H15NO2S/c15-13-16-11-5-4-9(8-12(11)17-13)7-10-3-1-2-6-14-10/h4-5,8,10,14H,1-3,6-7H2. The molecule has 0 saturated carbocycles. The summed E-state index contributed by atoms with van der Waals surface area (Å²) in [6.07, 6.45) is 4.90. The number of nitrogens with one attached hydrogen (secondary N) is 1. The predicted molar refractivity (Wildman–Crippen MR) is 69.7 cm³/mol. The van der Waals surface area contributed by atoms with Gasteiger partial charge in [0.1, 0.15) is 5.58 Å². The summed E-state index contributed by atoms with van der Waals surface area (Å²) in [6.45, 7) is 1.13. The van der Waals surface area contributed by atoms with Gasteiger partial charge < -0.3 is 9.73 Å². The summed E-state index contributed by atoms with van der Waals surface area (Å²) in [5.74, 6) is 0. The van der Waals surface area contributed by atoms with Gasteiger partial charge in [-0.25, -0.2) is 4.79 Å². The van der Waals surface area contributed by atoms with Gasteiger partial charge in [-0.05, 0) is 43.5 Å². The average molecular weight is 249 g/mol. The molecule has 3 nitrogen and oxygen atoms in total. The lowest BCUT2D eigenvalue weighted by Gasteiger charge is -2.23. The van der Waals surface area contributed by atoms with E-state index < -0.39 is 0 Å². The molecule has 90 valence electrons. The topological polar surface area (TPSA) is 42.2 Å². The van der Waals surface area contributed by atoms with Gasteiger partial charge in [0.05, 0.1) is 4.70 Å². The van der Waals surface area contributed by atoms with Gasteiger partial charge in [-0.15, -0.1) is 0 Å². The molecule has 1 saturated heterocycles. The quantitative estimate of drug-likeness (QED) is 0.889. The molecule has 0 aliphatic carbocycles. The molecule has 1 aromatic heterocycles. The van der Waals surface area contributed by atoms with E-state index in [1.54, 1.807) is 0 Å². The number of fused-ring (bicyclic) bond motifs is 1. The van der Waals surface area contributed by atoms with Crippen LogP contribution in [0.3, 0.4) is 0 Å². The zero-order valence-electron chi connectivity index (χ0n) is 9.57. The molecule has 1 aromatic carbocycles. The Bertz CT molecular complexity index is 566. The molecule has 3 rings (SSSR count). The highest BCUT2D eigenvalue weighted by Gasteiger charge is 2.13. The Morgan fingerprint density at radius 3 is 3.18 bits per heavy atom. The number of hydrogen-bond acceptors (Lipinski definition) is 4. The molecular weight excluding hydrogens is 234 g/mol. The Kier molecular flexibility index (Phi) is 2.99. The summed E-state index contributed by atoms with van der Waals surface area (Å²) in [4.78, 5) is 10.9. The summed E-state index contributed by atoms with van der Waals surface area (Å²) in [5.41, 5.74) is 1.99. The monoisotopic (exact) mass is 249 g/mol. The summed E-state index contributed by atoms with van der Waals surface area (Å²) >= 11 is 1.19. The van der Waals surface area contributed by atoms with Crippen molar-refractivity contribution >= 4 is 21.6 Å². The molecule has 17 heavy (non-hydrogen) atoms. The van der Waals surface area contributed by atoms with Crippen LogP contribution >= 0.6 is 11.3 Å². The largest absolute Gasteiger partial charge is 0.414 e. The van der Waals surface area contributed by atoms with Gasteiger partial charge in [0, 0.05) is 6.04 Å². The molecule has 4 heteroatoms. The smallest absolute Gasteiger partial charge is 0.396 e. The molecule has 1 unspecified atom stereocenters. The number of hydrogen-bond donors (Lipinski definition) is 1. The molecule has 1 fully saturated rings. The minimum absolute atomic E-state index is 0.215. The van der Waals surface area contributed by atoms with Gasteiger partial charge in [0.15, 0.2) is 0 Å². The van der Waals surface area contributed by atoms with E-state index in [-0.39, 0.29) is 4.94 Å². The summed E-state index contributed by atoms with van der Waals surface area (Å²) in [7, 11) is 0. The number of benzene rings is 1. The lowest BCUT2D eigenvalue weighted by molar-refractivity contribution is 0.399. The fourth-order valence-electron chi connectivity index (χ4n) is 2.43. The maximum atomic E-state index is 11.1. The second-order valence-corrected chi connectivity index (χ2v) is 5.56. The van der Waals surface area contributed by atoms with Crippen LogP contribution in [0.15, 0.2) is 27.4 Å². The first-order chi connectivity index (χ1) is 8.31. The van der Waals surface area contributed by atoms with Crippen molar-refractivity contribution in [2.75, 3.05) is 6.54 Å². The minimum atomic E-state index is -0.215. The third-order valence-electron chi connectivity index (χ3n) is 3.29. The Balaban J connectivity index is 1.82. The molecule has 0 spiro atoms. The molecule has 1 aliphatic rings. The van der Waals surface area contributed by atoms with Crippen molar-refractivity contribution in [3.8, 4) is 0 Å². The van der Waals surface area contributed by atoms with Gasteiger partial charge in [0.25, 0.3) is 0 Å². The fraction of sp³-hybridized carbons (Fsp3) is 0.462. The molecule has 0 amide bonds. The van der Waals surface area contributed by atoms with Gasteiger partial charge >= 0.3 is 4.94 Å². The van der Waals surface area contributed by atoms with E-state index in [1.165, 1.54) is 36.2 Å². The number of piperidine rings is 1. The van der Waals surface area contributed by atoms with Crippen LogP contribution in [0.25, 0.3) is 10.3 Å². The van der Waals surface area contributed by atoms with E-state index in [2.05, 4.69) is 17.4 Å². The van der Waals surface area contributed by atoms with Crippen LogP contribution in [-0.4, -0.2) is 12.6 Å². The maximum absolute atomic E-state index is 11.1. The van der Waals surface area contributed by atoms with Crippen molar-refractivity contribution in [2.24, 2.45) is 0 Å². The lowest BCUT2D eigenvalue weighted by Crippen LogP contribution is -2.35. The van der Waals surface area contributed by atoms with Crippen LogP contribution in [0.4, 0.5) is 0 Å². The van der Waals surface area contributed by atoms with Crippen LogP contribution in [0.2, 0.25) is 0 Å². The van der Waals surface area contributed by atoms with Crippen LogP contribution < -0.4 is 10.3 Å². The van der Waals surface area contributed by atoms with Crippen molar-refractivity contribution in [1.82, 2.24) is 5.32 Å². The normalized spacial score (nSPS) is 20.8. The van der Waals surface area contributed by atoms with Crippen LogP contribution in [-0.2, 0) is 6.42 Å². The van der Waals surface area contributed by atoms with Crippen molar-refractivity contribution < 1.29 is 4.42 Å². The first-order valence-corrected chi connectivity index (χ1v) is 6.89. The maximum Gasteiger partial charge on any atom is 0.396 e. The van der Waals surface area contributed by atoms with Crippen molar-refractivity contribution in [1.29, 1.82) is 0 Å². The second kappa shape index (κ2) is 4.63. The van der Waals surface area contributed by atoms with Gasteiger partial charge in [-0.2, -0.15) is 0 Å². The Morgan fingerprint density at radius 2 is 2.35 bits per heavy atom. The summed E-state index contributed by atoms with van der Waals surface area (Å²) in [6, 6.07) is 6.64. The predicted octanol–water partition coefficient (Wildman–Crippen LogP) is 2.54. The van der Waals surface area contributed by atoms with Crippen molar-refractivity contribution in [3.63, 3.8) is 0 Å². The first-order valence-electron chi connectivity index (χ1n) is 6.07. The first kappa shape index (κ1) is 11.0. The summed E-state index contributed by atoms with van der Waals surface area (Å²) < 4.78 is 6.02. The van der Waals surface area contributed by atoms with Gasteiger partial charge in [0.2, 0.25) is 0 Å². The van der Waals surface area contributed by atoms with Crippen molar-refractivity contribution in [2.45, 2.75) is 31.7 Å². The Labute approximate surface area is 103 Å². The molecular formula is C13H15NO2S. The molecule has 1 aliphatic heterocycles. The second-order valence-electron chi connectivity index (χ2n) is 4.59. The van der Waals surface area contributed by atoms with E-state index in [1.807, 2.05) is 6.07 Å². The van der Waals surface area contributed by atoms with Crippen molar-refractivity contribution in [3.05, 3.63) is 33.5 Å². The fourth-order valence-corrected chi connectivity index (χ4v) is 3.16. The van der Waals surface area contributed by atoms with Crippen LogP contribution in [0.1, 0.15) is 24.8 Å². The van der Waals surface area contributed by atoms with Gasteiger partial charge in [-0.3, -0.25) is 0 Å². The van der Waals surface area contributed by atoms with E-state index in [9.17, 15) is 4.79 Å². The number of rotatable bonds is 2. The van der Waals surface area contributed by atoms with E-state index in [4.69, 9.17) is 4.42 Å². The molecule has 0 bridgehead atoms. The summed E-state index contributed by atoms with van der Waals surface area (Å²) in [5, 5.41) is 3.54. The van der Waals surface area contributed by atoms with Crippen LogP contribution in [0.5, 0.6) is 0 Å². The minimum Gasteiger partial charge on any atom is -0.414 e. The zero-order valence-corrected chi connectivity index (χ0v) is 10.4. The zero-order chi connectivity index (χ0) is 11.7. The van der Waals surface area contributed by atoms with Crippen LogP contribution in [0, 0.1) is 0 Å². The lowest BCUT2D eigenvalue weighted by atomic mass is 9.98.